The third kappa shape index (κ3) is 5.94. The summed E-state index contributed by atoms with van der Waals surface area (Å²) in [6, 6.07) is 0. The lowest BCUT2D eigenvalue weighted by Crippen LogP contribution is -2.23. The molecule has 0 N–H and O–H groups in total. The average Bonchev–Trinajstić information content (AvgIpc) is 2.28. The number of hydrogen-bond donors (Lipinski definition) is 0. The van der Waals surface area contributed by atoms with Gasteiger partial charge in [-0.15, -0.1) is 0 Å². The van der Waals surface area contributed by atoms with E-state index in [0.717, 1.165) is 0 Å². The molecule has 4 heteroatoms. The molecular weight excluding hydrogens is 232 g/mol. The normalized spacial score (nSPS) is 14.1. The number of ketones is 2. The van der Waals surface area contributed by atoms with Crippen molar-refractivity contribution in [3.8, 4) is 0 Å². The van der Waals surface area contributed by atoms with Gasteiger partial charge >= 0.3 is 5.97 Å². The molecule has 0 bridgehead atoms. The van der Waals surface area contributed by atoms with E-state index in [4.69, 9.17) is 4.74 Å². The quantitative estimate of drug-likeness (QED) is 0.626. The maximum Gasteiger partial charge on any atom is 0.309 e. The summed E-state index contributed by atoms with van der Waals surface area (Å²) >= 11 is 0. The Bertz CT molecular complexity index is 307. The van der Waals surface area contributed by atoms with Crippen LogP contribution in [0.3, 0.4) is 0 Å². The molecule has 104 valence electrons. The molecule has 4 nitrogen and oxygen atoms in total. The fourth-order valence-electron chi connectivity index (χ4n) is 1.52. The summed E-state index contributed by atoms with van der Waals surface area (Å²) in [6.07, 6.45) is 0.400. The minimum absolute atomic E-state index is 0.0513. The standard InChI is InChI=1S/C14H24O4/c1-6-18-14(17)11(5)8-13(16)10(4)7-12(15)9(2)3/h9-11H,6-8H2,1-5H3/t10-,11-/m0/s1. The van der Waals surface area contributed by atoms with Crippen molar-refractivity contribution in [1.82, 2.24) is 0 Å². The van der Waals surface area contributed by atoms with Crippen LogP contribution in [-0.4, -0.2) is 24.1 Å². The topological polar surface area (TPSA) is 60.4 Å². The molecule has 0 unspecified atom stereocenters. The third-order valence-corrected chi connectivity index (χ3v) is 2.90. The molecule has 0 saturated carbocycles. The SMILES string of the molecule is CCOC(=O)[C@@H](C)CC(=O)[C@@H](C)CC(=O)C(C)C. The van der Waals surface area contributed by atoms with Crippen LogP contribution in [0.2, 0.25) is 0 Å². The summed E-state index contributed by atoms with van der Waals surface area (Å²) in [6.45, 7) is 9.10. The average molecular weight is 256 g/mol. The van der Waals surface area contributed by atoms with Crippen LogP contribution in [0.5, 0.6) is 0 Å². The van der Waals surface area contributed by atoms with Crippen LogP contribution >= 0.6 is 0 Å². The Morgan fingerprint density at radius 3 is 1.83 bits per heavy atom. The first-order valence-electron chi connectivity index (χ1n) is 6.51. The first-order chi connectivity index (χ1) is 8.29. The monoisotopic (exact) mass is 256 g/mol. The van der Waals surface area contributed by atoms with Gasteiger partial charge in [-0.2, -0.15) is 0 Å². The second-order valence-electron chi connectivity index (χ2n) is 5.05. The molecule has 2 atom stereocenters. The molecule has 0 amide bonds. The van der Waals surface area contributed by atoms with E-state index in [0.29, 0.717) is 6.61 Å². The van der Waals surface area contributed by atoms with Gasteiger partial charge in [-0.25, -0.2) is 0 Å². The third-order valence-electron chi connectivity index (χ3n) is 2.90. The maximum absolute atomic E-state index is 11.9. The summed E-state index contributed by atoms with van der Waals surface area (Å²) in [4.78, 5) is 34.8. The number of carbonyl (C=O) groups is 3. The van der Waals surface area contributed by atoms with Gasteiger partial charge in [0.2, 0.25) is 0 Å². The number of Topliss-reactive ketones (excluding diaryl/α,β-unsaturated/α-hetero) is 2. The molecule has 0 saturated heterocycles. The van der Waals surface area contributed by atoms with Crippen LogP contribution in [0.25, 0.3) is 0 Å². The highest BCUT2D eigenvalue weighted by Crippen LogP contribution is 2.15. The molecule has 0 aliphatic carbocycles. The number of ether oxygens (including phenoxy) is 1. The van der Waals surface area contributed by atoms with Crippen molar-refractivity contribution in [3.05, 3.63) is 0 Å². The molecular formula is C14H24O4. The van der Waals surface area contributed by atoms with Crippen molar-refractivity contribution < 1.29 is 19.1 Å². The zero-order valence-corrected chi connectivity index (χ0v) is 12.0. The summed E-state index contributed by atoms with van der Waals surface area (Å²) in [7, 11) is 0. The van der Waals surface area contributed by atoms with E-state index in [9.17, 15) is 14.4 Å². The zero-order chi connectivity index (χ0) is 14.3. The lowest BCUT2D eigenvalue weighted by Gasteiger charge is -2.14. The molecule has 0 aliphatic heterocycles. The van der Waals surface area contributed by atoms with E-state index in [1.165, 1.54) is 0 Å². The second kappa shape index (κ2) is 8.01. The van der Waals surface area contributed by atoms with Gasteiger partial charge in [0.25, 0.3) is 0 Å². The Morgan fingerprint density at radius 2 is 1.39 bits per heavy atom. The van der Waals surface area contributed by atoms with E-state index >= 15 is 0 Å². The first kappa shape index (κ1) is 16.8. The van der Waals surface area contributed by atoms with Crippen LogP contribution in [0.1, 0.15) is 47.5 Å². The van der Waals surface area contributed by atoms with Crippen molar-refractivity contribution in [1.29, 1.82) is 0 Å². The van der Waals surface area contributed by atoms with Gasteiger partial charge in [0.15, 0.2) is 0 Å². The highest BCUT2D eigenvalue weighted by Gasteiger charge is 2.23. The van der Waals surface area contributed by atoms with Gasteiger partial charge in [-0.3, -0.25) is 14.4 Å². The summed E-state index contributed by atoms with van der Waals surface area (Å²) in [5, 5.41) is 0. The molecule has 18 heavy (non-hydrogen) atoms. The van der Waals surface area contributed by atoms with Crippen molar-refractivity contribution in [2.45, 2.75) is 47.5 Å². The number of rotatable bonds is 8. The van der Waals surface area contributed by atoms with Crippen LogP contribution in [0.15, 0.2) is 0 Å². The van der Waals surface area contributed by atoms with Crippen LogP contribution in [0.4, 0.5) is 0 Å². The molecule has 0 rings (SSSR count). The number of esters is 1. The van der Waals surface area contributed by atoms with Crippen LogP contribution in [-0.2, 0) is 19.1 Å². The van der Waals surface area contributed by atoms with Crippen LogP contribution < -0.4 is 0 Å². The predicted octanol–water partition coefficient (Wildman–Crippen LogP) is 2.40. The Morgan fingerprint density at radius 1 is 0.889 bits per heavy atom. The van der Waals surface area contributed by atoms with Gasteiger partial charge in [0.1, 0.15) is 11.6 Å². The van der Waals surface area contributed by atoms with Gasteiger partial charge in [-0.05, 0) is 6.92 Å². The van der Waals surface area contributed by atoms with E-state index in [2.05, 4.69) is 0 Å². The summed E-state index contributed by atoms with van der Waals surface area (Å²) < 4.78 is 4.85. The highest BCUT2D eigenvalue weighted by molar-refractivity contribution is 5.90. The number of carbonyl (C=O) groups excluding carboxylic acids is 3. The minimum Gasteiger partial charge on any atom is -0.466 e. The minimum atomic E-state index is -0.436. The molecule has 0 aromatic heterocycles. The largest absolute Gasteiger partial charge is 0.466 e. The Balaban J connectivity index is 4.23. The van der Waals surface area contributed by atoms with Gasteiger partial charge < -0.3 is 4.74 Å². The molecule has 0 fully saturated rings. The lowest BCUT2D eigenvalue weighted by atomic mass is 9.90. The molecule has 0 radical (unpaired) electrons. The lowest BCUT2D eigenvalue weighted by molar-refractivity contribution is -0.149. The fraction of sp³-hybridized carbons (Fsp3) is 0.786. The Hall–Kier alpha value is -1.19. The van der Waals surface area contributed by atoms with E-state index in [-0.39, 0.29) is 42.2 Å². The smallest absolute Gasteiger partial charge is 0.309 e. The van der Waals surface area contributed by atoms with Crippen molar-refractivity contribution >= 4 is 17.5 Å². The van der Waals surface area contributed by atoms with Gasteiger partial charge in [0.05, 0.1) is 12.5 Å². The van der Waals surface area contributed by atoms with Crippen molar-refractivity contribution in [2.24, 2.45) is 17.8 Å². The first-order valence-corrected chi connectivity index (χ1v) is 6.51. The van der Waals surface area contributed by atoms with Crippen LogP contribution in [0, 0.1) is 17.8 Å². The fourth-order valence-corrected chi connectivity index (χ4v) is 1.52. The second-order valence-corrected chi connectivity index (χ2v) is 5.05. The molecule has 0 heterocycles. The van der Waals surface area contributed by atoms with E-state index < -0.39 is 5.92 Å². The summed E-state index contributed by atoms with van der Waals surface area (Å²) in [5.41, 5.74) is 0. The van der Waals surface area contributed by atoms with Crippen molar-refractivity contribution in [2.75, 3.05) is 6.61 Å². The van der Waals surface area contributed by atoms with E-state index in [1.54, 1.807) is 20.8 Å². The van der Waals surface area contributed by atoms with Gasteiger partial charge in [-0.1, -0.05) is 27.7 Å². The highest BCUT2D eigenvalue weighted by atomic mass is 16.5. The Labute approximate surface area is 109 Å². The molecule has 0 aromatic rings. The summed E-state index contributed by atoms with van der Waals surface area (Å²) in [5.74, 6) is -1.13. The molecule has 0 spiro atoms. The molecule has 0 aromatic carbocycles. The zero-order valence-electron chi connectivity index (χ0n) is 12.0. The number of hydrogen-bond acceptors (Lipinski definition) is 4. The van der Waals surface area contributed by atoms with Crippen molar-refractivity contribution in [3.63, 3.8) is 0 Å². The molecule has 0 aliphatic rings. The van der Waals surface area contributed by atoms with E-state index in [1.807, 2.05) is 13.8 Å². The van der Waals surface area contributed by atoms with Gasteiger partial charge in [0, 0.05) is 24.7 Å². The predicted molar refractivity (Wildman–Crippen MR) is 69.0 cm³/mol. The Kier molecular flexibility index (Phi) is 7.48. The maximum atomic E-state index is 11.9.